The molecule has 3 unspecified atom stereocenters. The number of amides is 1. The van der Waals surface area contributed by atoms with Crippen LogP contribution in [0.1, 0.15) is 52.4 Å². The first-order chi connectivity index (χ1) is 8.13. The van der Waals surface area contributed by atoms with E-state index in [-0.39, 0.29) is 11.8 Å². The molecular weight excluding hydrogens is 214 g/mol. The van der Waals surface area contributed by atoms with Crippen LogP contribution in [0.4, 0.5) is 0 Å². The molecule has 0 bridgehead atoms. The van der Waals surface area contributed by atoms with Gasteiger partial charge in [0, 0.05) is 18.9 Å². The second-order valence-electron chi connectivity index (χ2n) is 6.23. The minimum atomic E-state index is -0.206. The van der Waals surface area contributed by atoms with Crippen LogP contribution in [-0.4, -0.2) is 29.2 Å². The van der Waals surface area contributed by atoms with Gasteiger partial charge < -0.3 is 9.64 Å². The molecule has 2 saturated heterocycles. The molecule has 0 aromatic rings. The van der Waals surface area contributed by atoms with Crippen molar-refractivity contribution in [3.05, 3.63) is 0 Å². The zero-order chi connectivity index (χ0) is 12.0. The fourth-order valence-corrected chi connectivity index (χ4v) is 3.87. The van der Waals surface area contributed by atoms with E-state index in [4.69, 9.17) is 4.74 Å². The van der Waals surface area contributed by atoms with Crippen molar-refractivity contribution in [2.75, 3.05) is 6.54 Å². The number of hydrogen-bond donors (Lipinski definition) is 0. The summed E-state index contributed by atoms with van der Waals surface area (Å²) in [6.07, 6.45) is 6.86. The van der Waals surface area contributed by atoms with Gasteiger partial charge in [0.25, 0.3) is 0 Å². The van der Waals surface area contributed by atoms with Crippen molar-refractivity contribution in [2.45, 2.75) is 64.2 Å². The third kappa shape index (κ3) is 1.62. The standard InChI is InChI=1S/C14H23NO2/c1-10(2)12-9-15-13(16)7-6-11-5-3-4-8-14(11,15)17-12/h10-12H,3-9H2,1-2H3. The van der Waals surface area contributed by atoms with Gasteiger partial charge in [0.2, 0.25) is 5.91 Å². The summed E-state index contributed by atoms with van der Waals surface area (Å²) in [5, 5.41) is 0. The molecule has 3 heteroatoms. The zero-order valence-electron chi connectivity index (χ0n) is 10.9. The van der Waals surface area contributed by atoms with E-state index in [0.717, 1.165) is 25.8 Å². The molecule has 0 radical (unpaired) electrons. The Labute approximate surface area is 104 Å². The van der Waals surface area contributed by atoms with Gasteiger partial charge in [-0.25, -0.2) is 0 Å². The highest BCUT2D eigenvalue weighted by Gasteiger charge is 2.56. The van der Waals surface area contributed by atoms with Crippen molar-refractivity contribution in [1.29, 1.82) is 0 Å². The van der Waals surface area contributed by atoms with Crippen LogP contribution >= 0.6 is 0 Å². The van der Waals surface area contributed by atoms with E-state index in [1.807, 2.05) is 0 Å². The Kier molecular flexibility index (Phi) is 2.69. The molecule has 3 aliphatic rings. The lowest BCUT2D eigenvalue weighted by molar-refractivity contribution is -0.192. The monoisotopic (exact) mass is 237 g/mol. The largest absolute Gasteiger partial charge is 0.350 e. The minimum Gasteiger partial charge on any atom is -0.350 e. The van der Waals surface area contributed by atoms with Crippen LogP contribution in [0.15, 0.2) is 0 Å². The minimum absolute atomic E-state index is 0.206. The van der Waals surface area contributed by atoms with Crippen molar-refractivity contribution >= 4 is 5.91 Å². The Morgan fingerprint density at radius 2 is 2.18 bits per heavy atom. The number of ether oxygens (including phenoxy) is 1. The zero-order valence-corrected chi connectivity index (χ0v) is 10.9. The highest BCUT2D eigenvalue weighted by Crippen LogP contribution is 2.49. The van der Waals surface area contributed by atoms with Gasteiger partial charge in [-0.1, -0.05) is 20.3 Å². The summed E-state index contributed by atoms with van der Waals surface area (Å²) >= 11 is 0. The lowest BCUT2D eigenvalue weighted by Crippen LogP contribution is -2.57. The van der Waals surface area contributed by atoms with Crippen LogP contribution in [0.5, 0.6) is 0 Å². The number of nitrogens with zero attached hydrogens (tertiary/aromatic N) is 1. The third-order valence-electron chi connectivity index (χ3n) is 4.90. The van der Waals surface area contributed by atoms with Crippen molar-refractivity contribution in [1.82, 2.24) is 4.90 Å². The first kappa shape index (κ1) is 11.5. The van der Waals surface area contributed by atoms with Gasteiger partial charge in [-0.05, 0) is 31.6 Å². The van der Waals surface area contributed by atoms with Crippen molar-refractivity contribution in [3.8, 4) is 0 Å². The summed E-state index contributed by atoms with van der Waals surface area (Å²) in [6.45, 7) is 5.22. The van der Waals surface area contributed by atoms with Crippen molar-refractivity contribution in [2.24, 2.45) is 11.8 Å². The predicted molar refractivity (Wildman–Crippen MR) is 65.3 cm³/mol. The number of carbonyl (C=O) groups excluding carboxylic acids is 1. The Morgan fingerprint density at radius 3 is 2.94 bits per heavy atom. The van der Waals surface area contributed by atoms with Crippen LogP contribution in [-0.2, 0) is 9.53 Å². The molecule has 3 atom stereocenters. The molecule has 1 saturated carbocycles. The Hall–Kier alpha value is -0.570. The maximum Gasteiger partial charge on any atom is 0.224 e. The maximum absolute atomic E-state index is 12.1. The topological polar surface area (TPSA) is 29.5 Å². The summed E-state index contributed by atoms with van der Waals surface area (Å²) in [7, 11) is 0. The molecular formula is C14H23NO2. The quantitative estimate of drug-likeness (QED) is 0.701. The average molecular weight is 237 g/mol. The molecule has 0 aromatic heterocycles. The normalized spacial score (nSPS) is 41.6. The van der Waals surface area contributed by atoms with Gasteiger partial charge in [-0.2, -0.15) is 0 Å². The van der Waals surface area contributed by atoms with E-state index >= 15 is 0 Å². The molecule has 3 rings (SSSR count). The molecule has 0 N–H and O–H groups in total. The lowest BCUT2D eigenvalue weighted by atomic mass is 9.75. The third-order valence-corrected chi connectivity index (χ3v) is 4.90. The van der Waals surface area contributed by atoms with Gasteiger partial charge in [0.05, 0.1) is 6.10 Å². The predicted octanol–water partition coefficient (Wildman–Crippen LogP) is 2.55. The highest BCUT2D eigenvalue weighted by atomic mass is 16.5. The smallest absolute Gasteiger partial charge is 0.224 e. The van der Waals surface area contributed by atoms with E-state index in [2.05, 4.69) is 18.7 Å². The number of hydrogen-bond acceptors (Lipinski definition) is 2. The molecule has 3 nitrogen and oxygen atoms in total. The van der Waals surface area contributed by atoms with Crippen molar-refractivity contribution in [3.63, 3.8) is 0 Å². The first-order valence-electron chi connectivity index (χ1n) is 7.12. The number of rotatable bonds is 1. The van der Waals surface area contributed by atoms with Crippen LogP contribution in [0.3, 0.4) is 0 Å². The van der Waals surface area contributed by atoms with Gasteiger partial charge in [0.1, 0.15) is 5.72 Å². The van der Waals surface area contributed by atoms with Crippen LogP contribution in [0.25, 0.3) is 0 Å². The molecule has 1 amide bonds. The van der Waals surface area contributed by atoms with Gasteiger partial charge in [-0.15, -0.1) is 0 Å². The molecule has 96 valence electrons. The van der Waals surface area contributed by atoms with E-state index in [1.165, 1.54) is 19.3 Å². The highest BCUT2D eigenvalue weighted by molar-refractivity contribution is 5.78. The second kappa shape index (κ2) is 3.98. The molecule has 0 aromatic carbocycles. The maximum atomic E-state index is 12.1. The second-order valence-corrected chi connectivity index (χ2v) is 6.23. The number of carbonyl (C=O) groups is 1. The van der Waals surface area contributed by atoms with E-state index in [1.54, 1.807) is 0 Å². The van der Waals surface area contributed by atoms with Crippen LogP contribution in [0, 0.1) is 11.8 Å². The Bertz CT molecular complexity index is 328. The molecule has 1 spiro atoms. The van der Waals surface area contributed by atoms with Crippen LogP contribution in [0.2, 0.25) is 0 Å². The fourth-order valence-electron chi connectivity index (χ4n) is 3.87. The molecule has 17 heavy (non-hydrogen) atoms. The van der Waals surface area contributed by atoms with Gasteiger partial charge in [-0.3, -0.25) is 4.79 Å². The van der Waals surface area contributed by atoms with Crippen molar-refractivity contribution < 1.29 is 9.53 Å². The summed E-state index contributed by atoms with van der Waals surface area (Å²) in [4.78, 5) is 14.2. The average Bonchev–Trinajstić information content (AvgIpc) is 2.70. The number of piperidine rings is 1. The summed E-state index contributed by atoms with van der Waals surface area (Å²) in [6, 6.07) is 0. The summed E-state index contributed by atoms with van der Waals surface area (Å²) in [5.41, 5.74) is -0.206. The summed E-state index contributed by atoms with van der Waals surface area (Å²) in [5.74, 6) is 1.43. The van der Waals surface area contributed by atoms with Crippen LogP contribution < -0.4 is 0 Å². The molecule has 2 heterocycles. The molecule has 2 aliphatic heterocycles. The Morgan fingerprint density at radius 1 is 1.35 bits per heavy atom. The van der Waals surface area contributed by atoms with Gasteiger partial charge in [0.15, 0.2) is 0 Å². The molecule has 1 aliphatic carbocycles. The summed E-state index contributed by atoms with van der Waals surface area (Å²) < 4.78 is 6.39. The first-order valence-corrected chi connectivity index (χ1v) is 7.12. The fraction of sp³-hybridized carbons (Fsp3) is 0.929. The van der Waals surface area contributed by atoms with E-state index in [0.29, 0.717) is 17.7 Å². The van der Waals surface area contributed by atoms with E-state index in [9.17, 15) is 4.79 Å². The SMILES string of the molecule is CC(C)C1CN2C(=O)CCC3CCCCC32O1. The lowest BCUT2D eigenvalue weighted by Gasteiger charge is -2.49. The van der Waals surface area contributed by atoms with Gasteiger partial charge >= 0.3 is 0 Å². The Balaban J connectivity index is 1.91. The molecule has 3 fully saturated rings. The van der Waals surface area contributed by atoms with E-state index < -0.39 is 0 Å².